The zero-order valence-electron chi connectivity index (χ0n) is 5.23. The molecular weight excluding hydrogens is 107 g/mol. The lowest BCUT2D eigenvalue weighted by Crippen LogP contribution is -1.98. The van der Waals surface area contributed by atoms with Gasteiger partial charge in [0.25, 0.3) is 0 Å². The molecule has 0 heterocycles. The molecule has 0 saturated carbocycles. The second-order valence-corrected chi connectivity index (χ2v) is 1.87. The van der Waals surface area contributed by atoms with Gasteiger partial charge in [-0.3, -0.25) is 0 Å². The van der Waals surface area contributed by atoms with Gasteiger partial charge < -0.3 is 5.11 Å². The van der Waals surface area contributed by atoms with E-state index in [9.17, 15) is 4.39 Å². The lowest BCUT2D eigenvalue weighted by Gasteiger charge is -2.00. The molecule has 0 rings (SSSR count). The normalized spacial score (nSPS) is 13.9. The number of aliphatic hydroxyl groups is 1. The molecule has 0 aromatic carbocycles. The molecule has 0 aromatic rings. The van der Waals surface area contributed by atoms with Crippen LogP contribution in [0.5, 0.6) is 0 Å². The Balaban J connectivity index is 2.86. The molecular formula is C6H13FO. The maximum absolute atomic E-state index is 12.2. The molecule has 1 unspecified atom stereocenters. The standard InChI is InChI=1S/C6H13FO/c1-2-6(7)4-3-5-8/h6,8H,2-5H2,1H3. The fourth-order valence-electron chi connectivity index (χ4n) is 0.517. The number of alkyl halides is 1. The van der Waals surface area contributed by atoms with Gasteiger partial charge in [0.15, 0.2) is 0 Å². The van der Waals surface area contributed by atoms with Gasteiger partial charge in [-0.05, 0) is 19.3 Å². The summed E-state index contributed by atoms with van der Waals surface area (Å²) in [4.78, 5) is 0. The van der Waals surface area contributed by atoms with Gasteiger partial charge in [-0.1, -0.05) is 6.92 Å². The highest BCUT2D eigenvalue weighted by Crippen LogP contribution is 2.04. The molecule has 0 radical (unpaired) electrons. The average Bonchev–Trinajstić information content (AvgIpc) is 1.83. The maximum Gasteiger partial charge on any atom is 0.0999 e. The first-order chi connectivity index (χ1) is 3.81. The van der Waals surface area contributed by atoms with Crippen LogP contribution >= 0.6 is 0 Å². The Morgan fingerprint density at radius 2 is 2.25 bits per heavy atom. The van der Waals surface area contributed by atoms with Crippen LogP contribution in [0.3, 0.4) is 0 Å². The van der Waals surface area contributed by atoms with E-state index in [4.69, 9.17) is 5.11 Å². The molecule has 0 amide bonds. The topological polar surface area (TPSA) is 20.2 Å². The van der Waals surface area contributed by atoms with E-state index in [0.29, 0.717) is 19.3 Å². The summed E-state index contributed by atoms with van der Waals surface area (Å²) < 4.78 is 12.2. The summed E-state index contributed by atoms with van der Waals surface area (Å²) in [5.41, 5.74) is 0. The van der Waals surface area contributed by atoms with Crippen molar-refractivity contribution in [3.63, 3.8) is 0 Å². The zero-order chi connectivity index (χ0) is 6.41. The third kappa shape index (κ3) is 4.06. The van der Waals surface area contributed by atoms with Crippen molar-refractivity contribution in [1.29, 1.82) is 0 Å². The van der Waals surface area contributed by atoms with E-state index in [1.165, 1.54) is 0 Å². The fourth-order valence-corrected chi connectivity index (χ4v) is 0.517. The monoisotopic (exact) mass is 120 g/mol. The van der Waals surface area contributed by atoms with Crippen LogP contribution in [0.15, 0.2) is 0 Å². The molecule has 1 nitrogen and oxygen atoms in total. The van der Waals surface area contributed by atoms with Gasteiger partial charge in [-0.2, -0.15) is 0 Å². The minimum absolute atomic E-state index is 0.112. The second-order valence-electron chi connectivity index (χ2n) is 1.87. The summed E-state index contributed by atoms with van der Waals surface area (Å²) in [6, 6.07) is 0. The second kappa shape index (κ2) is 5.04. The molecule has 1 N–H and O–H groups in total. The highest BCUT2D eigenvalue weighted by Gasteiger charge is 1.99. The van der Waals surface area contributed by atoms with E-state index in [1.807, 2.05) is 6.92 Å². The molecule has 0 aliphatic carbocycles. The van der Waals surface area contributed by atoms with E-state index in [-0.39, 0.29) is 6.61 Å². The van der Waals surface area contributed by atoms with Crippen LogP contribution in [0, 0.1) is 0 Å². The Bertz CT molecular complexity index is 47.8. The van der Waals surface area contributed by atoms with Crippen LogP contribution in [0.4, 0.5) is 4.39 Å². The number of halogens is 1. The molecule has 2 heteroatoms. The molecule has 50 valence electrons. The fraction of sp³-hybridized carbons (Fsp3) is 1.00. The van der Waals surface area contributed by atoms with E-state index >= 15 is 0 Å². The van der Waals surface area contributed by atoms with Crippen LogP contribution in [-0.2, 0) is 0 Å². The van der Waals surface area contributed by atoms with Gasteiger partial charge in [-0.15, -0.1) is 0 Å². The van der Waals surface area contributed by atoms with E-state index < -0.39 is 6.17 Å². The first kappa shape index (κ1) is 7.89. The highest BCUT2D eigenvalue weighted by atomic mass is 19.1. The van der Waals surface area contributed by atoms with Gasteiger partial charge >= 0.3 is 0 Å². The lowest BCUT2D eigenvalue weighted by molar-refractivity contribution is 0.241. The smallest absolute Gasteiger partial charge is 0.0999 e. The summed E-state index contributed by atoms with van der Waals surface area (Å²) in [7, 11) is 0. The first-order valence-corrected chi connectivity index (χ1v) is 3.06. The first-order valence-electron chi connectivity index (χ1n) is 3.06. The van der Waals surface area contributed by atoms with Gasteiger partial charge in [-0.25, -0.2) is 4.39 Å². The van der Waals surface area contributed by atoms with Crippen LogP contribution in [0.25, 0.3) is 0 Å². The van der Waals surface area contributed by atoms with E-state index in [1.54, 1.807) is 0 Å². The summed E-state index contributed by atoms with van der Waals surface area (Å²) in [5, 5.41) is 8.24. The SMILES string of the molecule is CCC(F)CCCO. The number of aliphatic hydroxyl groups excluding tert-OH is 1. The Labute approximate surface area is 49.5 Å². The Kier molecular flexibility index (Phi) is 4.97. The number of hydrogen-bond acceptors (Lipinski definition) is 1. The maximum atomic E-state index is 12.2. The molecule has 0 saturated heterocycles. The molecule has 0 bridgehead atoms. The third-order valence-corrected chi connectivity index (χ3v) is 1.12. The zero-order valence-corrected chi connectivity index (χ0v) is 5.23. The molecule has 0 aliphatic rings. The highest BCUT2D eigenvalue weighted by molar-refractivity contribution is 4.50. The third-order valence-electron chi connectivity index (χ3n) is 1.12. The van der Waals surface area contributed by atoms with Crippen molar-refractivity contribution >= 4 is 0 Å². The van der Waals surface area contributed by atoms with Crippen LogP contribution in [0.2, 0.25) is 0 Å². The summed E-state index contributed by atoms with van der Waals surface area (Å²) >= 11 is 0. The molecule has 8 heavy (non-hydrogen) atoms. The van der Waals surface area contributed by atoms with E-state index in [0.717, 1.165) is 0 Å². The molecule has 0 aliphatic heterocycles. The van der Waals surface area contributed by atoms with Crippen LogP contribution in [0.1, 0.15) is 26.2 Å². The average molecular weight is 120 g/mol. The molecule has 1 atom stereocenters. The van der Waals surface area contributed by atoms with E-state index in [2.05, 4.69) is 0 Å². The molecule has 0 fully saturated rings. The molecule has 0 aromatic heterocycles. The van der Waals surface area contributed by atoms with Crippen LogP contribution < -0.4 is 0 Å². The lowest BCUT2D eigenvalue weighted by atomic mass is 10.2. The van der Waals surface area contributed by atoms with Crippen molar-refractivity contribution in [1.82, 2.24) is 0 Å². The van der Waals surface area contributed by atoms with Crippen molar-refractivity contribution in [2.45, 2.75) is 32.4 Å². The van der Waals surface area contributed by atoms with Gasteiger partial charge in [0.1, 0.15) is 0 Å². The summed E-state index contributed by atoms with van der Waals surface area (Å²) in [6.07, 6.45) is 0.962. The van der Waals surface area contributed by atoms with Crippen molar-refractivity contribution in [2.24, 2.45) is 0 Å². The summed E-state index contributed by atoms with van der Waals surface area (Å²) in [6.45, 7) is 1.92. The van der Waals surface area contributed by atoms with Crippen molar-refractivity contribution < 1.29 is 9.50 Å². The van der Waals surface area contributed by atoms with Crippen LogP contribution in [-0.4, -0.2) is 17.9 Å². The number of hydrogen-bond donors (Lipinski definition) is 1. The predicted octanol–water partition coefficient (Wildman–Crippen LogP) is 1.51. The Morgan fingerprint density at radius 3 is 2.62 bits per heavy atom. The van der Waals surface area contributed by atoms with Crippen molar-refractivity contribution in [3.05, 3.63) is 0 Å². The van der Waals surface area contributed by atoms with Crippen molar-refractivity contribution in [3.8, 4) is 0 Å². The largest absolute Gasteiger partial charge is 0.396 e. The minimum atomic E-state index is -0.706. The summed E-state index contributed by atoms with van der Waals surface area (Å²) in [5.74, 6) is 0. The number of rotatable bonds is 4. The Hall–Kier alpha value is -0.110. The van der Waals surface area contributed by atoms with Gasteiger partial charge in [0.05, 0.1) is 6.17 Å². The van der Waals surface area contributed by atoms with Gasteiger partial charge in [0.2, 0.25) is 0 Å². The van der Waals surface area contributed by atoms with Gasteiger partial charge in [0, 0.05) is 6.61 Å². The minimum Gasteiger partial charge on any atom is -0.396 e. The Morgan fingerprint density at radius 1 is 1.62 bits per heavy atom. The predicted molar refractivity (Wildman–Crippen MR) is 31.5 cm³/mol. The quantitative estimate of drug-likeness (QED) is 0.596. The van der Waals surface area contributed by atoms with Crippen molar-refractivity contribution in [2.75, 3.05) is 6.61 Å². The molecule has 0 spiro atoms.